The zero-order valence-electron chi connectivity index (χ0n) is 17.4. The third-order valence-electron chi connectivity index (χ3n) is 5.39. The van der Waals surface area contributed by atoms with E-state index in [1.807, 2.05) is 18.2 Å². The summed E-state index contributed by atoms with van der Waals surface area (Å²) >= 11 is 0. The summed E-state index contributed by atoms with van der Waals surface area (Å²) in [5, 5.41) is 8.75. The van der Waals surface area contributed by atoms with Crippen LogP contribution in [0.5, 0.6) is 0 Å². The molecule has 0 saturated heterocycles. The van der Waals surface area contributed by atoms with Gasteiger partial charge in [-0.05, 0) is 29.5 Å². The molecule has 0 unspecified atom stereocenters. The summed E-state index contributed by atoms with van der Waals surface area (Å²) in [5.74, 6) is -0.711. The summed E-state index contributed by atoms with van der Waals surface area (Å²) in [4.78, 5) is 10.6. The first-order valence-corrected chi connectivity index (χ1v) is 10.8. The molecule has 3 heteroatoms. The molecule has 0 bridgehead atoms. The number of benzene rings is 3. The lowest BCUT2D eigenvalue weighted by molar-refractivity contribution is -0.137. The second kappa shape index (κ2) is 11.3. The minimum atomic E-state index is -0.711. The molecule has 3 nitrogen and oxygen atoms in total. The molecular weight excluding hydrogens is 372 g/mol. The maximum absolute atomic E-state index is 10.6. The van der Waals surface area contributed by atoms with Crippen molar-refractivity contribution in [2.24, 2.45) is 0 Å². The number of hydrogen-bond donors (Lipinski definition) is 1. The number of unbranched alkanes of at least 4 members (excludes halogenated alkanes) is 4. The van der Waals surface area contributed by atoms with Gasteiger partial charge in [-0.25, -0.2) is 0 Å². The fourth-order valence-corrected chi connectivity index (χ4v) is 3.90. The van der Waals surface area contributed by atoms with Crippen molar-refractivity contribution in [3.05, 3.63) is 108 Å². The van der Waals surface area contributed by atoms with Gasteiger partial charge in [-0.15, -0.1) is 0 Å². The Balaban J connectivity index is 1.79. The molecule has 0 heterocycles. The number of carboxylic acid groups (broad SMARTS) is 1. The third-order valence-corrected chi connectivity index (χ3v) is 5.39. The first-order chi connectivity index (χ1) is 14.7. The van der Waals surface area contributed by atoms with Crippen LogP contribution in [0.25, 0.3) is 0 Å². The average molecular weight is 403 g/mol. The van der Waals surface area contributed by atoms with Crippen LogP contribution in [0, 0.1) is 0 Å². The molecule has 0 spiro atoms. The molecular formula is C27H30O3. The monoisotopic (exact) mass is 402 g/mol. The largest absolute Gasteiger partial charge is 0.481 e. The topological polar surface area (TPSA) is 46.5 Å². The standard InChI is InChI=1S/C27H30O3/c28-26(29)21-13-2-1-3-14-22-30-27(23-15-7-4-8-16-23,24-17-9-5-10-18-24)25-19-11-6-12-20-25/h4-12,15-20H,1-3,13-14,21-22H2,(H,28,29). The zero-order chi connectivity index (χ0) is 21.1. The SMILES string of the molecule is O=C(O)CCCCCCCOC(c1ccccc1)(c1ccccc1)c1ccccc1. The van der Waals surface area contributed by atoms with Crippen molar-refractivity contribution in [2.75, 3.05) is 6.61 Å². The Bertz CT molecular complexity index is 779. The first kappa shape index (κ1) is 21.8. The van der Waals surface area contributed by atoms with Crippen LogP contribution < -0.4 is 0 Å². The molecule has 0 amide bonds. The average Bonchev–Trinajstić information content (AvgIpc) is 2.80. The molecule has 0 fully saturated rings. The number of ether oxygens (including phenoxy) is 1. The molecule has 0 aliphatic carbocycles. The predicted molar refractivity (Wildman–Crippen MR) is 120 cm³/mol. The van der Waals surface area contributed by atoms with Gasteiger partial charge in [0.2, 0.25) is 0 Å². The van der Waals surface area contributed by atoms with E-state index in [-0.39, 0.29) is 6.42 Å². The second-order valence-corrected chi connectivity index (χ2v) is 7.54. The van der Waals surface area contributed by atoms with Crippen molar-refractivity contribution in [1.29, 1.82) is 0 Å². The van der Waals surface area contributed by atoms with E-state index in [2.05, 4.69) is 72.8 Å². The van der Waals surface area contributed by atoms with Gasteiger partial charge in [-0.2, -0.15) is 0 Å². The highest BCUT2D eigenvalue weighted by Gasteiger charge is 2.37. The van der Waals surface area contributed by atoms with Crippen molar-refractivity contribution in [3.8, 4) is 0 Å². The van der Waals surface area contributed by atoms with E-state index in [0.717, 1.165) is 48.8 Å². The molecule has 3 rings (SSSR count). The first-order valence-electron chi connectivity index (χ1n) is 10.8. The van der Waals surface area contributed by atoms with Crippen LogP contribution in [0.1, 0.15) is 55.2 Å². The minimum absolute atomic E-state index is 0.260. The summed E-state index contributed by atoms with van der Waals surface area (Å²) in [5.41, 5.74) is 2.68. The Hall–Kier alpha value is -2.91. The maximum Gasteiger partial charge on any atom is 0.303 e. The number of carbonyl (C=O) groups is 1. The van der Waals surface area contributed by atoms with E-state index in [0.29, 0.717) is 6.61 Å². The van der Waals surface area contributed by atoms with E-state index in [1.54, 1.807) is 0 Å². The number of aliphatic carboxylic acids is 1. The van der Waals surface area contributed by atoms with Gasteiger partial charge in [0, 0.05) is 13.0 Å². The smallest absolute Gasteiger partial charge is 0.303 e. The Morgan fingerprint density at radius 2 is 1.03 bits per heavy atom. The lowest BCUT2D eigenvalue weighted by Gasteiger charge is -2.36. The van der Waals surface area contributed by atoms with Crippen LogP contribution in [-0.4, -0.2) is 17.7 Å². The quantitative estimate of drug-likeness (QED) is 0.281. The molecule has 156 valence electrons. The van der Waals surface area contributed by atoms with Crippen LogP contribution in [-0.2, 0) is 15.1 Å². The van der Waals surface area contributed by atoms with Crippen LogP contribution in [0.2, 0.25) is 0 Å². The summed E-state index contributed by atoms with van der Waals surface area (Å²) < 4.78 is 6.74. The van der Waals surface area contributed by atoms with Crippen molar-refractivity contribution in [2.45, 2.75) is 44.1 Å². The fraction of sp³-hybridized carbons (Fsp3) is 0.296. The Labute approximate surface area is 179 Å². The summed E-state index contributed by atoms with van der Waals surface area (Å²) in [7, 11) is 0. The van der Waals surface area contributed by atoms with Gasteiger partial charge in [0.15, 0.2) is 0 Å². The highest BCUT2D eigenvalue weighted by atomic mass is 16.5. The number of carboxylic acids is 1. The molecule has 0 radical (unpaired) electrons. The van der Waals surface area contributed by atoms with Crippen molar-refractivity contribution in [3.63, 3.8) is 0 Å². The van der Waals surface area contributed by atoms with Crippen LogP contribution >= 0.6 is 0 Å². The molecule has 0 aliphatic rings. The fourth-order valence-electron chi connectivity index (χ4n) is 3.90. The van der Waals surface area contributed by atoms with Gasteiger partial charge in [-0.1, -0.05) is 110 Å². The molecule has 3 aromatic carbocycles. The van der Waals surface area contributed by atoms with E-state index >= 15 is 0 Å². The molecule has 30 heavy (non-hydrogen) atoms. The highest BCUT2D eigenvalue weighted by Crippen LogP contribution is 2.40. The molecule has 0 aromatic heterocycles. The van der Waals surface area contributed by atoms with Crippen molar-refractivity contribution in [1.82, 2.24) is 0 Å². The van der Waals surface area contributed by atoms with Gasteiger partial charge in [0.05, 0.1) is 0 Å². The van der Waals surface area contributed by atoms with Crippen LogP contribution in [0.3, 0.4) is 0 Å². The zero-order valence-corrected chi connectivity index (χ0v) is 17.4. The summed E-state index contributed by atoms with van der Waals surface area (Å²) in [6.45, 7) is 0.637. The van der Waals surface area contributed by atoms with E-state index in [1.165, 1.54) is 0 Å². The van der Waals surface area contributed by atoms with Crippen molar-refractivity contribution < 1.29 is 14.6 Å². The van der Waals surface area contributed by atoms with Crippen LogP contribution in [0.15, 0.2) is 91.0 Å². The summed E-state index contributed by atoms with van der Waals surface area (Å²) in [6.07, 6.45) is 4.97. The minimum Gasteiger partial charge on any atom is -0.481 e. The maximum atomic E-state index is 10.6. The summed E-state index contributed by atoms with van der Waals surface area (Å²) in [6, 6.07) is 31.2. The predicted octanol–water partition coefficient (Wildman–Crippen LogP) is 6.42. The van der Waals surface area contributed by atoms with Crippen LogP contribution in [0.4, 0.5) is 0 Å². The third kappa shape index (κ3) is 5.58. The molecule has 0 saturated carbocycles. The molecule has 3 aromatic rings. The van der Waals surface area contributed by atoms with Gasteiger partial charge < -0.3 is 9.84 Å². The van der Waals surface area contributed by atoms with Gasteiger partial charge in [0.25, 0.3) is 0 Å². The van der Waals surface area contributed by atoms with E-state index in [4.69, 9.17) is 9.84 Å². The highest BCUT2D eigenvalue weighted by molar-refractivity contribution is 5.66. The van der Waals surface area contributed by atoms with Gasteiger partial charge >= 0.3 is 5.97 Å². The Morgan fingerprint density at radius 1 is 0.633 bits per heavy atom. The lowest BCUT2D eigenvalue weighted by atomic mass is 9.80. The lowest BCUT2D eigenvalue weighted by Crippen LogP contribution is -2.33. The van der Waals surface area contributed by atoms with Gasteiger partial charge in [0.1, 0.15) is 5.60 Å². The van der Waals surface area contributed by atoms with Gasteiger partial charge in [-0.3, -0.25) is 4.79 Å². The second-order valence-electron chi connectivity index (χ2n) is 7.54. The molecule has 0 aliphatic heterocycles. The normalized spacial score (nSPS) is 11.3. The Morgan fingerprint density at radius 3 is 1.47 bits per heavy atom. The Kier molecular flexibility index (Phi) is 8.22. The molecule has 0 atom stereocenters. The number of hydrogen-bond acceptors (Lipinski definition) is 2. The van der Waals surface area contributed by atoms with Crippen molar-refractivity contribution >= 4 is 5.97 Å². The number of rotatable bonds is 12. The molecule has 1 N–H and O–H groups in total. The van der Waals surface area contributed by atoms with E-state index in [9.17, 15) is 4.79 Å². The van der Waals surface area contributed by atoms with E-state index < -0.39 is 11.6 Å².